The Morgan fingerprint density at radius 3 is 2.22 bits per heavy atom. The van der Waals surface area contributed by atoms with Crippen LogP contribution in [0.15, 0.2) is 72.3 Å². The molecule has 1 aliphatic rings. The van der Waals surface area contributed by atoms with Crippen molar-refractivity contribution in [2.75, 3.05) is 12.0 Å². The number of aliphatic hydroxyl groups is 1. The molecule has 162 valence electrons. The van der Waals surface area contributed by atoms with Gasteiger partial charge in [0.05, 0.1) is 24.3 Å². The van der Waals surface area contributed by atoms with E-state index in [4.69, 9.17) is 27.9 Å². The predicted octanol–water partition coefficient (Wildman–Crippen LogP) is 5.77. The number of hydrogen-bond donors (Lipinski definition) is 1. The number of methoxy groups -OCH3 is 1. The average Bonchev–Trinajstić information content (AvgIpc) is 3.05. The maximum Gasteiger partial charge on any atom is 0.300 e. The van der Waals surface area contributed by atoms with Crippen molar-refractivity contribution in [1.29, 1.82) is 0 Å². The number of benzene rings is 3. The van der Waals surface area contributed by atoms with E-state index in [1.165, 1.54) is 42.3 Å². The number of nitrogens with zero attached hydrogens (tertiary/aromatic N) is 1. The second-order valence-electron chi connectivity index (χ2n) is 7.04. The van der Waals surface area contributed by atoms with Crippen molar-refractivity contribution in [2.24, 2.45) is 0 Å². The van der Waals surface area contributed by atoms with Gasteiger partial charge in [0.25, 0.3) is 11.7 Å². The molecule has 3 aromatic carbocycles. The van der Waals surface area contributed by atoms with Gasteiger partial charge < -0.3 is 9.84 Å². The summed E-state index contributed by atoms with van der Waals surface area (Å²) in [5.74, 6) is -2.40. The second-order valence-corrected chi connectivity index (χ2v) is 7.91. The Labute approximate surface area is 193 Å². The van der Waals surface area contributed by atoms with Crippen LogP contribution in [0.1, 0.15) is 17.2 Å². The molecule has 8 heteroatoms. The van der Waals surface area contributed by atoms with E-state index in [0.29, 0.717) is 21.3 Å². The molecule has 0 saturated carbocycles. The SMILES string of the molecule is COc1ccc(Cl)cc1/C(O)=C1\C(=O)C(=O)N(c2ccc(Cl)cc2)C1c1ccc(F)cc1. The van der Waals surface area contributed by atoms with Crippen molar-refractivity contribution >= 4 is 46.3 Å². The number of carbonyl (C=O) groups excluding carboxylic acids is 2. The lowest BCUT2D eigenvalue weighted by atomic mass is 9.95. The molecule has 1 atom stereocenters. The topological polar surface area (TPSA) is 66.8 Å². The van der Waals surface area contributed by atoms with Crippen molar-refractivity contribution in [3.63, 3.8) is 0 Å². The highest BCUT2D eigenvalue weighted by atomic mass is 35.5. The minimum atomic E-state index is -1.01. The molecule has 3 aromatic rings. The van der Waals surface area contributed by atoms with Gasteiger partial charge in [-0.05, 0) is 60.2 Å². The number of carbonyl (C=O) groups is 2. The summed E-state index contributed by atoms with van der Waals surface area (Å²) in [6.45, 7) is 0. The van der Waals surface area contributed by atoms with Crippen LogP contribution in [0.4, 0.5) is 10.1 Å². The van der Waals surface area contributed by atoms with Crippen molar-refractivity contribution in [2.45, 2.75) is 6.04 Å². The first-order chi connectivity index (χ1) is 15.3. The van der Waals surface area contributed by atoms with Crippen LogP contribution in [0.2, 0.25) is 10.0 Å². The van der Waals surface area contributed by atoms with E-state index in [1.54, 1.807) is 36.4 Å². The van der Waals surface area contributed by atoms with Gasteiger partial charge in [0.15, 0.2) is 0 Å². The lowest BCUT2D eigenvalue weighted by Gasteiger charge is -2.25. The molecular weight excluding hydrogens is 456 g/mol. The van der Waals surface area contributed by atoms with Gasteiger partial charge in [-0.1, -0.05) is 35.3 Å². The standard InChI is InChI=1S/C24H16Cl2FNO4/c1-32-19-11-6-15(26)12-18(19)22(29)20-21(13-2-7-16(27)8-3-13)28(24(31)23(20)30)17-9-4-14(25)5-10-17/h2-12,21,29H,1H3/b22-20+. The van der Waals surface area contributed by atoms with Crippen LogP contribution < -0.4 is 9.64 Å². The van der Waals surface area contributed by atoms with E-state index in [-0.39, 0.29) is 16.9 Å². The molecule has 32 heavy (non-hydrogen) atoms. The molecule has 0 aliphatic carbocycles. The zero-order valence-electron chi connectivity index (χ0n) is 16.7. The van der Waals surface area contributed by atoms with Gasteiger partial charge in [0.1, 0.15) is 17.3 Å². The summed E-state index contributed by atoms with van der Waals surface area (Å²) in [5, 5.41) is 11.9. The average molecular weight is 472 g/mol. The van der Waals surface area contributed by atoms with E-state index in [0.717, 1.165) is 0 Å². The molecule has 0 aromatic heterocycles. The fourth-order valence-electron chi connectivity index (χ4n) is 3.67. The van der Waals surface area contributed by atoms with Crippen molar-refractivity contribution in [3.05, 3.63) is 99.3 Å². The molecule has 4 rings (SSSR count). The highest BCUT2D eigenvalue weighted by Gasteiger charge is 2.47. The predicted molar refractivity (Wildman–Crippen MR) is 121 cm³/mol. The molecule has 1 saturated heterocycles. The minimum absolute atomic E-state index is 0.154. The summed E-state index contributed by atoms with van der Waals surface area (Å²) in [6, 6.07) is 15.2. The zero-order chi connectivity index (χ0) is 23.0. The normalized spacial score (nSPS) is 17.6. The molecule has 1 aliphatic heterocycles. The zero-order valence-corrected chi connectivity index (χ0v) is 18.2. The van der Waals surface area contributed by atoms with Gasteiger partial charge in [-0.25, -0.2) is 4.39 Å². The number of ketones is 1. The Balaban J connectivity index is 1.98. The van der Waals surface area contributed by atoms with Crippen molar-refractivity contribution < 1.29 is 23.8 Å². The van der Waals surface area contributed by atoms with Crippen molar-refractivity contribution in [3.8, 4) is 5.75 Å². The van der Waals surface area contributed by atoms with Gasteiger partial charge in [-0.2, -0.15) is 0 Å². The van der Waals surface area contributed by atoms with E-state index in [2.05, 4.69) is 0 Å². The van der Waals surface area contributed by atoms with Crippen LogP contribution >= 0.6 is 23.2 Å². The third kappa shape index (κ3) is 3.83. The summed E-state index contributed by atoms with van der Waals surface area (Å²) in [6.07, 6.45) is 0. The van der Waals surface area contributed by atoms with Crippen LogP contribution in [-0.4, -0.2) is 23.9 Å². The van der Waals surface area contributed by atoms with Gasteiger partial charge in [-0.15, -0.1) is 0 Å². The molecule has 1 fully saturated rings. The summed E-state index contributed by atoms with van der Waals surface area (Å²) >= 11 is 12.1. The number of ether oxygens (including phenoxy) is 1. The van der Waals surface area contributed by atoms with Gasteiger partial charge in [-0.3, -0.25) is 14.5 Å². The Kier molecular flexibility index (Phi) is 5.91. The summed E-state index contributed by atoms with van der Waals surface area (Å²) < 4.78 is 18.9. The third-order valence-electron chi connectivity index (χ3n) is 5.15. The number of rotatable bonds is 4. The number of halogens is 3. The smallest absolute Gasteiger partial charge is 0.300 e. The van der Waals surface area contributed by atoms with E-state index >= 15 is 0 Å². The number of aliphatic hydroxyl groups excluding tert-OH is 1. The molecule has 0 radical (unpaired) electrons. The molecule has 1 amide bonds. The van der Waals surface area contributed by atoms with Crippen LogP contribution in [0.3, 0.4) is 0 Å². The Bertz CT molecular complexity index is 1240. The summed E-state index contributed by atoms with van der Waals surface area (Å²) in [7, 11) is 1.41. The van der Waals surface area contributed by atoms with Crippen LogP contribution in [0.25, 0.3) is 5.76 Å². The quantitative estimate of drug-likeness (QED) is 0.298. The number of amides is 1. The van der Waals surface area contributed by atoms with E-state index in [9.17, 15) is 19.1 Å². The molecule has 1 unspecified atom stereocenters. The highest BCUT2D eigenvalue weighted by molar-refractivity contribution is 6.51. The van der Waals surface area contributed by atoms with E-state index in [1.807, 2.05) is 0 Å². The fourth-order valence-corrected chi connectivity index (χ4v) is 3.97. The van der Waals surface area contributed by atoms with Gasteiger partial charge in [0.2, 0.25) is 0 Å². The summed E-state index contributed by atoms with van der Waals surface area (Å²) in [4.78, 5) is 27.4. The number of hydrogen-bond acceptors (Lipinski definition) is 4. The first kappa shape index (κ1) is 21.9. The molecule has 1 N–H and O–H groups in total. The van der Waals surface area contributed by atoms with Crippen LogP contribution in [-0.2, 0) is 9.59 Å². The Morgan fingerprint density at radius 1 is 0.969 bits per heavy atom. The first-order valence-corrected chi connectivity index (χ1v) is 10.2. The van der Waals surface area contributed by atoms with Crippen LogP contribution in [0.5, 0.6) is 5.75 Å². The molecule has 5 nitrogen and oxygen atoms in total. The van der Waals surface area contributed by atoms with Gasteiger partial charge >= 0.3 is 0 Å². The largest absolute Gasteiger partial charge is 0.507 e. The minimum Gasteiger partial charge on any atom is -0.507 e. The lowest BCUT2D eigenvalue weighted by molar-refractivity contribution is -0.132. The maximum absolute atomic E-state index is 13.6. The van der Waals surface area contributed by atoms with E-state index < -0.39 is 29.3 Å². The summed E-state index contributed by atoms with van der Waals surface area (Å²) in [5.41, 5.74) is 0.810. The lowest BCUT2D eigenvalue weighted by Crippen LogP contribution is -2.29. The third-order valence-corrected chi connectivity index (χ3v) is 5.64. The fraction of sp³-hybridized carbons (Fsp3) is 0.0833. The highest BCUT2D eigenvalue weighted by Crippen LogP contribution is 2.43. The number of anilines is 1. The van der Waals surface area contributed by atoms with Crippen molar-refractivity contribution in [1.82, 2.24) is 0 Å². The molecule has 0 bridgehead atoms. The first-order valence-electron chi connectivity index (χ1n) is 9.47. The molecule has 1 heterocycles. The Morgan fingerprint density at radius 2 is 1.59 bits per heavy atom. The van der Waals surface area contributed by atoms with Crippen LogP contribution in [0, 0.1) is 5.82 Å². The second kappa shape index (κ2) is 8.65. The number of Topliss-reactive ketones (excluding diaryl/α,β-unsaturated/α-hetero) is 1. The molecular formula is C24H16Cl2FNO4. The maximum atomic E-state index is 13.6. The molecule has 0 spiro atoms. The van der Waals surface area contributed by atoms with Gasteiger partial charge in [0, 0.05) is 15.7 Å². The Hall–Kier alpha value is -3.35. The monoisotopic (exact) mass is 471 g/mol.